The first-order valence-corrected chi connectivity index (χ1v) is 4.98. The lowest BCUT2D eigenvalue weighted by atomic mass is 10.2. The zero-order valence-electron chi connectivity index (χ0n) is 9.52. The van der Waals surface area contributed by atoms with Crippen LogP contribution in [0, 0.1) is 0 Å². The van der Waals surface area contributed by atoms with Gasteiger partial charge in [0.25, 0.3) is 5.91 Å². The van der Waals surface area contributed by atoms with Crippen LogP contribution in [0.15, 0.2) is 34.1 Å². The highest BCUT2D eigenvalue weighted by molar-refractivity contribution is 6.21. The minimum absolute atomic E-state index is 0.115. The highest BCUT2D eigenvalue weighted by Gasteiger charge is 2.23. The number of hydrogen-bond donors (Lipinski definition) is 2. The highest BCUT2D eigenvalue weighted by atomic mass is 16.5. The Morgan fingerprint density at radius 3 is 2.71 bits per heavy atom. The fraction of sp³-hybridized carbons (Fsp3) is 0.273. The van der Waals surface area contributed by atoms with E-state index in [1.54, 1.807) is 13.0 Å². The molecule has 6 nitrogen and oxygen atoms in total. The molecule has 2 N–H and O–H groups in total. The molecule has 1 aromatic heterocycles. The lowest BCUT2D eigenvalue weighted by molar-refractivity contribution is -0.140. The van der Waals surface area contributed by atoms with Crippen molar-refractivity contribution in [1.29, 1.82) is 0 Å². The summed E-state index contributed by atoms with van der Waals surface area (Å²) in [5.41, 5.74) is -0.441. The van der Waals surface area contributed by atoms with Crippen LogP contribution in [-0.2, 0) is 14.3 Å². The van der Waals surface area contributed by atoms with E-state index in [1.807, 2.05) is 0 Å². The third-order valence-corrected chi connectivity index (χ3v) is 1.83. The van der Waals surface area contributed by atoms with Gasteiger partial charge in [0.15, 0.2) is 11.5 Å². The number of aliphatic hydroxyl groups excluding tert-OH is 1. The number of esters is 1. The summed E-state index contributed by atoms with van der Waals surface area (Å²) in [5.74, 6) is -1.89. The first-order valence-electron chi connectivity index (χ1n) is 4.98. The van der Waals surface area contributed by atoms with Crippen molar-refractivity contribution in [3.05, 3.63) is 29.7 Å². The summed E-state index contributed by atoms with van der Waals surface area (Å²) >= 11 is 0. The number of aliphatic hydroxyl groups is 1. The molecule has 1 heterocycles. The standard InChI is InChI=1S/C11H13NO5/c1-3-16-11(15)9(7(2)13)10(14)12-8-5-4-6-17-8/h4-6,13H,3H2,1-2H3,(H,12,14)/b9-7-. The van der Waals surface area contributed by atoms with Gasteiger partial charge >= 0.3 is 5.97 Å². The first kappa shape index (κ1) is 12.8. The smallest absolute Gasteiger partial charge is 0.347 e. The Kier molecular flexibility index (Phi) is 4.33. The molecule has 0 radical (unpaired) electrons. The normalized spacial score (nSPS) is 11.6. The van der Waals surface area contributed by atoms with Gasteiger partial charge in [0.2, 0.25) is 0 Å². The number of carbonyl (C=O) groups is 2. The van der Waals surface area contributed by atoms with Crippen molar-refractivity contribution < 1.29 is 23.8 Å². The predicted octanol–water partition coefficient (Wildman–Crippen LogP) is 1.61. The number of ether oxygens (including phenoxy) is 1. The van der Waals surface area contributed by atoms with Crippen LogP contribution in [0.2, 0.25) is 0 Å². The molecule has 0 spiro atoms. The Morgan fingerprint density at radius 1 is 1.53 bits per heavy atom. The predicted molar refractivity (Wildman–Crippen MR) is 59.3 cm³/mol. The van der Waals surface area contributed by atoms with Gasteiger partial charge in [-0.1, -0.05) is 0 Å². The van der Waals surface area contributed by atoms with Gasteiger partial charge in [-0.15, -0.1) is 0 Å². The highest BCUT2D eigenvalue weighted by Crippen LogP contribution is 2.11. The van der Waals surface area contributed by atoms with E-state index in [0.717, 1.165) is 0 Å². The molecule has 0 aliphatic carbocycles. The molecule has 0 aliphatic heterocycles. The number of amides is 1. The molecule has 0 unspecified atom stereocenters. The van der Waals surface area contributed by atoms with Crippen molar-refractivity contribution in [3.63, 3.8) is 0 Å². The van der Waals surface area contributed by atoms with E-state index >= 15 is 0 Å². The molecule has 0 saturated carbocycles. The van der Waals surface area contributed by atoms with Crippen molar-refractivity contribution in [1.82, 2.24) is 0 Å². The molecule has 0 saturated heterocycles. The molecule has 0 aliphatic rings. The maximum Gasteiger partial charge on any atom is 0.347 e. The van der Waals surface area contributed by atoms with Crippen molar-refractivity contribution >= 4 is 17.8 Å². The van der Waals surface area contributed by atoms with E-state index in [-0.39, 0.29) is 12.5 Å². The number of nitrogens with one attached hydrogen (secondary N) is 1. The number of allylic oxidation sites excluding steroid dienone is 1. The number of rotatable bonds is 4. The van der Waals surface area contributed by atoms with Crippen LogP contribution in [-0.4, -0.2) is 23.6 Å². The van der Waals surface area contributed by atoms with Crippen molar-refractivity contribution in [2.24, 2.45) is 0 Å². The Balaban J connectivity index is 2.83. The van der Waals surface area contributed by atoms with Crippen LogP contribution in [0.1, 0.15) is 13.8 Å². The van der Waals surface area contributed by atoms with Crippen molar-refractivity contribution in [2.75, 3.05) is 11.9 Å². The van der Waals surface area contributed by atoms with Crippen molar-refractivity contribution in [3.8, 4) is 0 Å². The van der Waals surface area contributed by atoms with Crippen LogP contribution < -0.4 is 5.32 Å². The molecule has 1 aromatic rings. The monoisotopic (exact) mass is 239 g/mol. The van der Waals surface area contributed by atoms with Crippen LogP contribution >= 0.6 is 0 Å². The molecule has 17 heavy (non-hydrogen) atoms. The lowest BCUT2D eigenvalue weighted by Crippen LogP contribution is -2.23. The average Bonchev–Trinajstić information content (AvgIpc) is 2.70. The zero-order valence-corrected chi connectivity index (χ0v) is 9.52. The van der Waals surface area contributed by atoms with Gasteiger partial charge in [0, 0.05) is 6.07 Å². The van der Waals surface area contributed by atoms with Gasteiger partial charge in [-0.3, -0.25) is 10.1 Å². The Hall–Kier alpha value is -2.24. The second kappa shape index (κ2) is 5.74. The second-order valence-corrected chi connectivity index (χ2v) is 3.11. The van der Waals surface area contributed by atoms with Gasteiger partial charge in [-0.25, -0.2) is 4.79 Å². The fourth-order valence-electron chi connectivity index (χ4n) is 1.13. The third kappa shape index (κ3) is 3.37. The summed E-state index contributed by atoms with van der Waals surface area (Å²) in [7, 11) is 0. The SMILES string of the molecule is CCOC(=O)/C(C(=O)Nc1ccco1)=C(/C)O. The maximum absolute atomic E-state index is 11.7. The molecular weight excluding hydrogens is 226 g/mol. The average molecular weight is 239 g/mol. The Labute approximate surface area is 97.9 Å². The largest absolute Gasteiger partial charge is 0.511 e. The maximum atomic E-state index is 11.7. The van der Waals surface area contributed by atoms with Gasteiger partial charge in [0.1, 0.15) is 5.76 Å². The lowest BCUT2D eigenvalue weighted by Gasteiger charge is -2.07. The number of furan rings is 1. The van der Waals surface area contributed by atoms with Gasteiger partial charge in [-0.2, -0.15) is 0 Å². The van der Waals surface area contributed by atoms with Crippen molar-refractivity contribution in [2.45, 2.75) is 13.8 Å². The molecule has 1 rings (SSSR count). The first-order chi connectivity index (χ1) is 8.06. The van der Waals surface area contributed by atoms with E-state index < -0.39 is 23.2 Å². The summed E-state index contributed by atoms with van der Waals surface area (Å²) < 4.78 is 9.54. The molecule has 0 aromatic carbocycles. The summed E-state index contributed by atoms with van der Waals surface area (Å²) in [5, 5.41) is 11.6. The van der Waals surface area contributed by atoms with E-state index in [0.29, 0.717) is 0 Å². The Bertz CT molecular complexity index is 429. The topological polar surface area (TPSA) is 88.8 Å². The summed E-state index contributed by atoms with van der Waals surface area (Å²) in [6.45, 7) is 2.95. The van der Waals surface area contributed by atoms with E-state index in [1.165, 1.54) is 19.3 Å². The molecule has 0 fully saturated rings. The van der Waals surface area contributed by atoms with Crippen LogP contribution in [0.25, 0.3) is 0 Å². The minimum Gasteiger partial charge on any atom is -0.511 e. The molecule has 1 amide bonds. The van der Waals surface area contributed by atoms with Gasteiger partial charge in [-0.05, 0) is 19.9 Å². The zero-order chi connectivity index (χ0) is 12.8. The molecule has 6 heteroatoms. The third-order valence-electron chi connectivity index (χ3n) is 1.83. The van der Waals surface area contributed by atoms with Gasteiger partial charge in [0.05, 0.1) is 12.9 Å². The van der Waals surface area contributed by atoms with E-state index in [4.69, 9.17) is 4.42 Å². The summed E-state index contributed by atoms with van der Waals surface area (Å²) in [6, 6.07) is 3.09. The summed E-state index contributed by atoms with van der Waals surface area (Å²) in [4.78, 5) is 23.1. The number of anilines is 1. The molecule has 0 bridgehead atoms. The Morgan fingerprint density at radius 2 is 2.24 bits per heavy atom. The molecular formula is C11H13NO5. The van der Waals surface area contributed by atoms with Crippen LogP contribution in [0.4, 0.5) is 5.88 Å². The van der Waals surface area contributed by atoms with E-state index in [9.17, 15) is 14.7 Å². The van der Waals surface area contributed by atoms with E-state index in [2.05, 4.69) is 10.1 Å². The van der Waals surface area contributed by atoms with Crippen LogP contribution in [0.3, 0.4) is 0 Å². The fourth-order valence-corrected chi connectivity index (χ4v) is 1.13. The number of hydrogen-bond acceptors (Lipinski definition) is 5. The van der Waals surface area contributed by atoms with Gasteiger partial charge < -0.3 is 14.3 Å². The second-order valence-electron chi connectivity index (χ2n) is 3.11. The molecule has 92 valence electrons. The number of carbonyl (C=O) groups excluding carboxylic acids is 2. The summed E-state index contributed by atoms with van der Waals surface area (Å²) in [6.07, 6.45) is 1.37. The molecule has 0 atom stereocenters. The minimum atomic E-state index is -0.878. The van der Waals surface area contributed by atoms with Crippen LogP contribution in [0.5, 0.6) is 0 Å². The quantitative estimate of drug-likeness (QED) is 0.274.